The second-order valence-corrected chi connectivity index (χ2v) is 8.40. The molecule has 5 rings (SSSR count). The molecule has 1 aromatic rings. The number of unbranched alkanes of at least 4 members (excludes halogenated alkanes) is 1. The Morgan fingerprint density at radius 3 is 2.37 bits per heavy atom. The minimum Gasteiger partial charge on any atom is -0.338 e. The molecule has 4 fully saturated rings. The van der Waals surface area contributed by atoms with E-state index in [0.29, 0.717) is 0 Å². The zero-order chi connectivity index (χ0) is 18.5. The number of amides is 2. The first-order valence-corrected chi connectivity index (χ1v) is 10.8. The van der Waals surface area contributed by atoms with Gasteiger partial charge in [-0.2, -0.15) is 0 Å². The van der Waals surface area contributed by atoms with Crippen molar-refractivity contribution in [1.82, 2.24) is 20.0 Å². The molecule has 5 nitrogen and oxygen atoms in total. The summed E-state index contributed by atoms with van der Waals surface area (Å²) in [5.41, 5.74) is 1.38. The van der Waals surface area contributed by atoms with Gasteiger partial charge in [0.05, 0.1) is 0 Å². The van der Waals surface area contributed by atoms with Gasteiger partial charge in [-0.05, 0) is 56.7 Å². The van der Waals surface area contributed by atoms with Gasteiger partial charge in [0, 0.05) is 45.3 Å². The van der Waals surface area contributed by atoms with Crippen LogP contribution in [0.5, 0.6) is 0 Å². The van der Waals surface area contributed by atoms with Gasteiger partial charge in [0.15, 0.2) is 0 Å². The van der Waals surface area contributed by atoms with Gasteiger partial charge < -0.3 is 15.1 Å². The van der Waals surface area contributed by atoms with Crippen molar-refractivity contribution in [3.8, 4) is 0 Å². The predicted octanol–water partition coefficient (Wildman–Crippen LogP) is 2.43. The normalized spacial score (nSPS) is 28.3. The molecule has 1 N–H and O–H groups in total. The fourth-order valence-corrected chi connectivity index (χ4v) is 5.01. The van der Waals surface area contributed by atoms with Gasteiger partial charge in [-0.1, -0.05) is 30.3 Å². The number of benzene rings is 1. The topological polar surface area (TPSA) is 38.8 Å². The van der Waals surface area contributed by atoms with Gasteiger partial charge in [-0.25, -0.2) is 4.79 Å². The summed E-state index contributed by atoms with van der Waals surface area (Å²) in [4.78, 5) is 19.7. The number of fused-ring (bicyclic) bond motifs is 3. The van der Waals surface area contributed by atoms with E-state index in [2.05, 4.69) is 45.4 Å². The Morgan fingerprint density at radius 2 is 1.70 bits per heavy atom. The SMILES string of the molecule is O=C(NCCCCc1ccccc1)N1CCN([C@H]2CN3CCC2CC3)CC1. The highest BCUT2D eigenvalue weighted by Crippen LogP contribution is 2.31. The minimum atomic E-state index is 0.128. The van der Waals surface area contributed by atoms with Crippen LogP contribution in [-0.2, 0) is 6.42 Å². The number of nitrogens with zero attached hydrogens (tertiary/aromatic N) is 3. The third-order valence-corrected chi connectivity index (χ3v) is 6.70. The molecule has 0 aliphatic carbocycles. The van der Waals surface area contributed by atoms with Crippen molar-refractivity contribution in [2.24, 2.45) is 5.92 Å². The summed E-state index contributed by atoms with van der Waals surface area (Å²) < 4.78 is 0. The number of carbonyl (C=O) groups is 1. The van der Waals surface area contributed by atoms with Crippen LogP contribution in [0, 0.1) is 5.92 Å². The molecular weight excluding hydrogens is 336 g/mol. The molecule has 4 heterocycles. The second kappa shape index (κ2) is 9.07. The van der Waals surface area contributed by atoms with Crippen LogP contribution in [0.4, 0.5) is 4.79 Å². The number of carbonyl (C=O) groups excluding carboxylic acids is 1. The first-order valence-electron chi connectivity index (χ1n) is 10.8. The number of rotatable bonds is 6. The molecule has 4 saturated heterocycles. The van der Waals surface area contributed by atoms with E-state index in [0.717, 1.165) is 63.9 Å². The number of nitrogens with one attached hydrogen (secondary N) is 1. The smallest absolute Gasteiger partial charge is 0.317 e. The predicted molar refractivity (Wildman–Crippen MR) is 109 cm³/mol. The average Bonchev–Trinajstić information content (AvgIpc) is 2.75. The molecule has 27 heavy (non-hydrogen) atoms. The number of urea groups is 1. The summed E-state index contributed by atoms with van der Waals surface area (Å²) in [6.07, 6.45) is 6.00. The fraction of sp³-hybridized carbons (Fsp3) is 0.682. The van der Waals surface area contributed by atoms with Gasteiger partial charge in [-0.15, -0.1) is 0 Å². The maximum absolute atomic E-state index is 12.4. The van der Waals surface area contributed by atoms with E-state index in [-0.39, 0.29) is 6.03 Å². The van der Waals surface area contributed by atoms with Crippen molar-refractivity contribution in [2.75, 3.05) is 52.4 Å². The number of piperidine rings is 3. The molecule has 0 aromatic heterocycles. The van der Waals surface area contributed by atoms with E-state index < -0.39 is 0 Å². The van der Waals surface area contributed by atoms with E-state index in [4.69, 9.17) is 0 Å². The molecule has 5 heteroatoms. The molecule has 2 bridgehead atoms. The Balaban J connectivity index is 1.12. The van der Waals surface area contributed by atoms with Crippen molar-refractivity contribution in [3.05, 3.63) is 35.9 Å². The lowest BCUT2D eigenvalue weighted by atomic mass is 9.83. The fourth-order valence-electron chi connectivity index (χ4n) is 5.01. The van der Waals surface area contributed by atoms with Crippen molar-refractivity contribution in [2.45, 2.75) is 38.1 Å². The molecular formula is C22H34N4O. The zero-order valence-electron chi connectivity index (χ0n) is 16.5. The van der Waals surface area contributed by atoms with Crippen LogP contribution in [0.3, 0.4) is 0 Å². The van der Waals surface area contributed by atoms with Crippen molar-refractivity contribution >= 4 is 6.03 Å². The second-order valence-electron chi connectivity index (χ2n) is 8.40. The third-order valence-electron chi connectivity index (χ3n) is 6.70. The standard InChI is InChI=1S/C22H34N4O/c27-22(23-11-5-4-8-19-6-2-1-3-7-19)26-16-14-25(15-17-26)21-18-24-12-9-20(21)10-13-24/h1-3,6-7,20-21H,4-5,8-18H2,(H,23,27)/t21-/m0/s1. The Bertz CT molecular complexity index is 592. The Kier molecular flexibility index (Phi) is 6.30. The van der Waals surface area contributed by atoms with E-state index in [1.165, 1.54) is 38.0 Å². The summed E-state index contributed by atoms with van der Waals surface area (Å²) in [6.45, 7) is 8.45. The van der Waals surface area contributed by atoms with Crippen molar-refractivity contribution < 1.29 is 4.79 Å². The van der Waals surface area contributed by atoms with Crippen LogP contribution in [0.2, 0.25) is 0 Å². The summed E-state index contributed by atoms with van der Waals surface area (Å²) in [5.74, 6) is 0.889. The molecule has 0 radical (unpaired) electrons. The van der Waals surface area contributed by atoms with E-state index in [1.807, 2.05) is 4.90 Å². The van der Waals surface area contributed by atoms with Crippen molar-refractivity contribution in [3.63, 3.8) is 0 Å². The summed E-state index contributed by atoms with van der Waals surface area (Å²) in [6, 6.07) is 11.4. The van der Waals surface area contributed by atoms with Gasteiger partial charge >= 0.3 is 6.03 Å². The molecule has 4 aliphatic heterocycles. The van der Waals surface area contributed by atoms with Crippen LogP contribution in [0.1, 0.15) is 31.2 Å². The monoisotopic (exact) mass is 370 g/mol. The maximum atomic E-state index is 12.4. The lowest BCUT2D eigenvalue weighted by molar-refractivity contribution is -0.0103. The lowest BCUT2D eigenvalue weighted by Crippen LogP contribution is -2.62. The molecule has 4 aliphatic rings. The summed E-state index contributed by atoms with van der Waals surface area (Å²) in [5, 5.41) is 3.12. The molecule has 1 aromatic carbocycles. The van der Waals surface area contributed by atoms with Gasteiger partial charge in [0.2, 0.25) is 0 Å². The number of hydrogen-bond acceptors (Lipinski definition) is 3. The van der Waals surface area contributed by atoms with Gasteiger partial charge in [0.25, 0.3) is 0 Å². The highest BCUT2D eigenvalue weighted by molar-refractivity contribution is 5.74. The van der Waals surface area contributed by atoms with E-state index in [1.54, 1.807) is 0 Å². The van der Waals surface area contributed by atoms with Gasteiger partial charge in [-0.3, -0.25) is 4.90 Å². The summed E-state index contributed by atoms with van der Waals surface area (Å²) in [7, 11) is 0. The Labute approximate surface area is 163 Å². The number of aryl methyl sites for hydroxylation is 1. The zero-order valence-corrected chi connectivity index (χ0v) is 16.5. The molecule has 1 atom stereocenters. The highest BCUT2D eigenvalue weighted by Gasteiger charge is 2.38. The minimum absolute atomic E-state index is 0.128. The largest absolute Gasteiger partial charge is 0.338 e. The lowest BCUT2D eigenvalue weighted by Gasteiger charge is -2.50. The van der Waals surface area contributed by atoms with Crippen LogP contribution in [0.25, 0.3) is 0 Å². The molecule has 0 spiro atoms. The molecule has 148 valence electrons. The quantitative estimate of drug-likeness (QED) is 0.782. The Morgan fingerprint density at radius 1 is 0.963 bits per heavy atom. The van der Waals surface area contributed by atoms with Crippen LogP contribution < -0.4 is 5.32 Å². The molecule has 0 saturated carbocycles. The first kappa shape index (κ1) is 18.8. The first-order chi connectivity index (χ1) is 13.3. The number of hydrogen-bond donors (Lipinski definition) is 1. The maximum Gasteiger partial charge on any atom is 0.317 e. The molecule has 2 amide bonds. The van der Waals surface area contributed by atoms with Crippen molar-refractivity contribution in [1.29, 1.82) is 0 Å². The summed E-state index contributed by atoms with van der Waals surface area (Å²) >= 11 is 0. The molecule has 0 unspecified atom stereocenters. The highest BCUT2D eigenvalue weighted by atomic mass is 16.2. The van der Waals surface area contributed by atoms with Gasteiger partial charge in [0.1, 0.15) is 0 Å². The Hall–Kier alpha value is -1.59. The van der Waals surface area contributed by atoms with E-state index >= 15 is 0 Å². The van der Waals surface area contributed by atoms with Crippen LogP contribution in [-0.4, -0.2) is 79.1 Å². The average molecular weight is 371 g/mol. The van der Waals surface area contributed by atoms with Crippen LogP contribution >= 0.6 is 0 Å². The van der Waals surface area contributed by atoms with E-state index in [9.17, 15) is 4.79 Å². The number of piperazine rings is 1. The third kappa shape index (κ3) is 4.82. The van der Waals surface area contributed by atoms with Crippen LogP contribution in [0.15, 0.2) is 30.3 Å².